The fourth-order valence-electron chi connectivity index (χ4n) is 1.88. The lowest BCUT2D eigenvalue weighted by atomic mass is 9.96. The quantitative estimate of drug-likeness (QED) is 0.824. The molecule has 4 heteroatoms. The van der Waals surface area contributed by atoms with Gasteiger partial charge in [-0.25, -0.2) is 0 Å². The van der Waals surface area contributed by atoms with Crippen LogP contribution in [-0.2, 0) is 11.2 Å². The standard InChI is InChI=1S/C13H22BrNOS/c1-5-15-10(9-13(2,3)16-4)8-12-11(14)6-7-17-12/h6-7,10,15H,5,8-9H2,1-4H3. The van der Waals surface area contributed by atoms with E-state index in [0.29, 0.717) is 6.04 Å². The van der Waals surface area contributed by atoms with Crippen LogP contribution in [0.5, 0.6) is 0 Å². The maximum Gasteiger partial charge on any atom is 0.0637 e. The monoisotopic (exact) mass is 319 g/mol. The molecule has 1 heterocycles. The molecule has 0 radical (unpaired) electrons. The van der Waals surface area contributed by atoms with Crippen LogP contribution >= 0.6 is 27.3 Å². The van der Waals surface area contributed by atoms with Crippen molar-refractivity contribution in [1.82, 2.24) is 5.32 Å². The van der Waals surface area contributed by atoms with Crippen molar-refractivity contribution < 1.29 is 4.74 Å². The van der Waals surface area contributed by atoms with Crippen molar-refractivity contribution in [1.29, 1.82) is 0 Å². The topological polar surface area (TPSA) is 21.3 Å². The number of thiophene rings is 1. The van der Waals surface area contributed by atoms with Crippen LogP contribution < -0.4 is 5.32 Å². The lowest BCUT2D eigenvalue weighted by Crippen LogP contribution is -2.38. The summed E-state index contributed by atoms with van der Waals surface area (Å²) in [5.74, 6) is 0. The van der Waals surface area contributed by atoms with E-state index >= 15 is 0 Å². The minimum Gasteiger partial charge on any atom is -0.379 e. The van der Waals surface area contributed by atoms with Gasteiger partial charge in [0, 0.05) is 22.5 Å². The molecule has 1 N–H and O–H groups in total. The van der Waals surface area contributed by atoms with Crippen LogP contribution in [0.25, 0.3) is 0 Å². The van der Waals surface area contributed by atoms with Gasteiger partial charge in [0.2, 0.25) is 0 Å². The largest absolute Gasteiger partial charge is 0.379 e. The Hall–Kier alpha value is 0.1000. The fraction of sp³-hybridized carbons (Fsp3) is 0.692. The molecule has 2 nitrogen and oxygen atoms in total. The average molecular weight is 320 g/mol. The molecule has 1 aromatic rings. The number of ether oxygens (including phenoxy) is 1. The Morgan fingerprint density at radius 2 is 2.24 bits per heavy atom. The van der Waals surface area contributed by atoms with Crippen molar-refractivity contribution in [2.45, 2.75) is 45.3 Å². The van der Waals surface area contributed by atoms with E-state index in [1.807, 2.05) is 11.3 Å². The summed E-state index contributed by atoms with van der Waals surface area (Å²) in [7, 11) is 1.78. The zero-order valence-corrected chi connectivity index (χ0v) is 13.5. The van der Waals surface area contributed by atoms with Crippen LogP contribution in [0.1, 0.15) is 32.1 Å². The van der Waals surface area contributed by atoms with Gasteiger partial charge in [0.05, 0.1) is 5.60 Å². The lowest BCUT2D eigenvalue weighted by Gasteiger charge is -2.29. The molecule has 0 aromatic carbocycles. The maximum atomic E-state index is 5.52. The van der Waals surface area contributed by atoms with Gasteiger partial charge in [-0.3, -0.25) is 0 Å². The second kappa shape index (κ2) is 6.88. The first-order valence-electron chi connectivity index (χ1n) is 5.99. The van der Waals surface area contributed by atoms with Crippen LogP contribution in [0.2, 0.25) is 0 Å². The summed E-state index contributed by atoms with van der Waals surface area (Å²) in [5, 5.41) is 5.67. The normalized spacial score (nSPS) is 13.9. The number of halogens is 1. The van der Waals surface area contributed by atoms with E-state index in [1.54, 1.807) is 7.11 Å². The van der Waals surface area contributed by atoms with Crippen molar-refractivity contribution in [3.63, 3.8) is 0 Å². The highest BCUT2D eigenvalue weighted by atomic mass is 79.9. The Labute approximate surface area is 117 Å². The third-order valence-corrected chi connectivity index (χ3v) is 4.85. The van der Waals surface area contributed by atoms with Crippen molar-refractivity contribution in [3.05, 3.63) is 20.8 Å². The summed E-state index contributed by atoms with van der Waals surface area (Å²) in [6, 6.07) is 2.58. The Morgan fingerprint density at radius 1 is 1.53 bits per heavy atom. The first-order valence-corrected chi connectivity index (χ1v) is 7.66. The number of nitrogens with one attached hydrogen (secondary N) is 1. The molecule has 0 saturated heterocycles. The van der Waals surface area contributed by atoms with E-state index in [9.17, 15) is 0 Å². The summed E-state index contributed by atoms with van der Waals surface area (Å²) >= 11 is 5.40. The molecule has 0 fully saturated rings. The Kier molecular flexibility index (Phi) is 6.13. The average Bonchev–Trinajstić information content (AvgIpc) is 2.64. The molecule has 0 aliphatic carbocycles. The molecule has 1 atom stereocenters. The molecule has 1 rings (SSSR count). The van der Waals surface area contributed by atoms with Gasteiger partial charge in [0.25, 0.3) is 0 Å². The van der Waals surface area contributed by atoms with E-state index in [2.05, 4.69) is 53.5 Å². The predicted molar refractivity (Wildman–Crippen MR) is 78.9 cm³/mol. The number of methoxy groups -OCH3 is 1. The van der Waals surface area contributed by atoms with Crippen LogP contribution in [0.3, 0.4) is 0 Å². The first kappa shape index (κ1) is 15.2. The van der Waals surface area contributed by atoms with Gasteiger partial charge in [0.1, 0.15) is 0 Å². The highest BCUT2D eigenvalue weighted by Crippen LogP contribution is 2.26. The molecule has 0 bridgehead atoms. The fourth-order valence-corrected chi connectivity index (χ4v) is 3.47. The number of rotatable bonds is 7. The Bertz CT molecular complexity index is 338. The molecule has 0 spiro atoms. The van der Waals surface area contributed by atoms with E-state index in [-0.39, 0.29) is 5.60 Å². The highest BCUT2D eigenvalue weighted by Gasteiger charge is 2.23. The predicted octanol–water partition coefficient (Wildman–Crippen LogP) is 3.85. The third kappa shape index (κ3) is 5.08. The van der Waals surface area contributed by atoms with Crippen molar-refractivity contribution >= 4 is 27.3 Å². The van der Waals surface area contributed by atoms with Crippen LogP contribution in [0.4, 0.5) is 0 Å². The highest BCUT2D eigenvalue weighted by molar-refractivity contribution is 9.10. The summed E-state index contributed by atoms with van der Waals surface area (Å²) < 4.78 is 6.74. The van der Waals surface area contributed by atoms with Gasteiger partial charge < -0.3 is 10.1 Å². The smallest absolute Gasteiger partial charge is 0.0637 e. The van der Waals surface area contributed by atoms with Crippen molar-refractivity contribution in [2.24, 2.45) is 0 Å². The van der Waals surface area contributed by atoms with Crippen molar-refractivity contribution in [2.75, 3.05) is 13.7 Å². The van der Waals surface area contributed by atoms with Gasteiger partial charge in [-0.15, -0.1) is 11.3 Å². The number of hydrogen-bond donors (Lipinski definition) is 1. The molecule has 0 amide bonds. The van der Waals surface area contributed by atoms with Gasteiger partial charge in [-0.05, 0) is 60.6 Å². The van der Waals surface area contributed by atoms with E-state index in [1.165, 1.54) is 9.35 Å². The van der Waals surface area contributed by atoms with Crippen LogP contribution in [-0.4, -0.2) is 25.3 Å². The molecular weight excluding hydrogens is 298 g/mol. The summed E-state index contributed by atoms with van der Waals surface area (Å²) in [6.45, 7) is 7.42. The van der Waals surface area contributed by atoms with Crippen molar-refractivity contribution in [3.8, 4) is 0 Å². The Morgan fingerprint density at radius 3 is 2.71 bits per heavy atom. The second-order valence-electron chi connectivity index (χ2n) is 4.82. The molecule has 98 valence electrons. The Balaban J connectivity index is 2.63. The number of hydrogen-bond acceptors (Lipinski definition) is 3. The van der Waals surface area contributed by atoms with Crippen LogP contribution in [0, 0.1) is 0 Å². The molecular formula is C13H22BrNOS. The molecule has 1 unspecified atom stereocenters. The van der Waals surface area contributed by atoms with Gasteiger partial charge in [-0.1, -0.05) is 6.92 Å². The first-order chi connectivity index (χ1) is 7.98. The van der Waals surface area contributed by atoms with Gasteiger partial charge >= 0.3 is 0 Å². The molecule has 0 aliphatic heterocycles. The second-order valence-corrected chi connectivity index (χ2v) is 6.67. The van der Waals surface area contributed by atoms with Gasteiger partial charge in [-0.2, -0.15) is 0 Å². The number of likely N-dealkylation sites (N-methyl/N-ethyl adjacent to an activating group) is 1. The van der Waals surface area contributed by atoms with Gasteiger partial charge in [0.15, 0.2) is 0 Å². The minimum atomic E-state index is -0.0728. The minimum absolute atomic E-state index is 0.0728. The summed E-state index contributed by atoms with van der Waals surface area (Å²) in [6.07, 6.45) is 2.07. The van der Waals surface area contributed by atoms with E-state index in [4.69, 9.17) is 4.74 Å². The molecule has 0 aliphatic rings. The molecule has 1 aromatic heterocycles. The zero-order chi connectivity index (χ0) is 12.9. The molecule has 0 saturated carbocycles. The summed E-state index contributed by atoms with van der Waals surface area (Å²) in [5.41, 5.74) is -0.0728. The molecule has 17 heavy (non-hydrogen) atoms. The zero-order valence-electron chi connectivity index (χ0n) is 11.0. The van der Waals surface area contributed by atoms with Crippen LogP contribution in [0.15, 0.2) is 15.9 Å². The SMILES string of the molecule is CCNC(Cc1sccc1Br)CC(C)(C)OC. The summed E-state index contributed by atoms with van der Waals surface area (Å²) in [4.78, 5) is 1.41. The maximum absolute atomic E-state index is 5.52. The lowest BCUT2D eigenvalue weighted by molar-refractivity contribution is 0.00731. The third-order valence-electron chi connectivity index (χ3n) is 2.91. The van der Waals surface area contributed by atoms with E-state index in [0.717, 1.165) is 19.4 Å². The van der Waals surface area contributed by atoms with E-state index < -0.39 is 0 Å².